The van der Waals surface area contributed by atoms with Crippen LogP contribution in [0.5, 0.6) is 0 Å². The average molecular weight is 282 g/mol. The second-order valence-electron chi connectivity index (χ2n) is 4.95. The van der Waals surface area contributed by atoms with E-state index in [1.165, 1.54) is 0 Å². The molecule has 0 spiro atoms. The lowest BCUT2D eigenvalue weighted by Crippen LogP contribution is -2.22. The number of amides is 1. The Bertz CT molecular complexity index is 515. The summed E-state index contributed by atoms with van der Waals surface area (Å²) in [6.45, 7) is 1.84. The van der Waals surface area contributed by atoms with Crippen molar-refractivity contribution < 1.29 is 14.7 Å². The van der Waals surface area contributed by atoms with Gasteiger partial charge in [-0.05, 0) is 43.9 Å². The molecule has 2 N–H and O–H groups in total. The van der Waals surface area contributed by atoms with Crippen molar-refractivity contribution in [2.24, 2.45) is 11.8 Å². The number of carbonyl (C=O) groups excluding carboxylic acids is 1. The number of hydrogen-bond acceptors (Lipinski definition) is 2. The van der Waals surface area contributed by atoms with E-state index in [-0.39, 0.29) is 11.8 Å². The molecule has 1 fully saturated rings. The molecule has 5 heteroatoms. The van der Waals surface area contributed by atoms with Gasteiger partial charge in [0.2, 0.25) is 5.91 Å². The molecule has 0 aliphatic heterocycles. The van der Waals surface area contributed by atoms with E-state index in [9.17, 15) is 9.59 Å². The van der Waals surface area contributed by atoms with Crippen molar-refractivity contribution in [3.63, 3.8) is 0 Å². The molecule has 0 saturated heterocycles. The van der Waals surface area contributed by atoms with Crippen LogP contribution < -0.4 is 5.32 Å². The maximum Gasteiger partial charge on any atom is 0.306 e. The van der Waals surface area contributed by atoms with Crippen LogP contribution in [0.2, 0.25) is 5.02 Å². The van der Waals surface area contributed by atoms with E-state index in [1.807, 2.05) is 6.92 Å². The number of carbonyl (C=O) groups is 2. The van der Waals surface area contributed by atoms with Gasteiger partial charge in [0, 0.05) is 16.6 Å². The normalized spacial score (nSPS) is 22.2. The lowest BCUT2D eigenvalue weighted by Gasteiger charge is -2.13. The average Bonchev–Trinajstić information content (AvgIpc) is 2.84. The number of hydrogen-bond donors (Lipinski definition) is 2. The zero-order valence-corrected chi connectivity index (χ0v) is 11.4. The van der Waals surface area contributed by atoms with Gasteiger partial charge in [-0.1, -0.05) is 17.7 Å². The van der Waals surface area contributed by atoms with Crippen LogP contribution in [0.3, 0.4) is 0 Å². The van der Waals surface area contributed by atoms with E-state index in [1.54, 1.807) is 18.2 Å². The summed E-state index contributed by atoms with van der Waals surface area (Å²) in [4.78, 5) is 23.0. The molecule has 1 amide bonds. The van der Waals surface area contributed by atoms with Gasteiger partial charge in [-0.25, -0.2) is 0 Å². The lowest BCUT2D eigenvalue weighted by molar-refractivity contribution is -0.141. The predicted octanol–water partition coefficient (Wildman–Crippen LogP) is 3.09. The fraction of sp³-hybridized carbons (Fsp3) is 0.429. The third-order valence-corrected chi connectivity index (χ3v) is 4.09. The van der Waals surface area contributed by atoms with Crippen LogP contribution in [-0.4, -0.2) is 17.0 Å². The molecule has 2 atom stereocenters. The molecule has 4 nitrogen and oxygen atoms in total. The van der Waals surface area contributed by atoms with E-state index < -0.39 is 11.9 Å². The van der Waals surface area contributed by atoms with Crippen LogP contribution in [0, 0.1) is 18.8 Å². The Labute approximate surface area is 116 Å². The Hall–Kier alpha value is -1.55. The summed E-state index contributed by atoms with van der Waals surface area (Å²) in [5, 5.41) is 12.4. The van der Waals surface area contributed by atoms with E-state index >= 15 is 0 Å². The molecule has 0 radical (unpaired) electrons. The Kier molecular flexibility index (Phi) is 4.10. The highest BCUT2D eigenvalue weighted by atomic mass is 35.5. The largest absolute Gasteiger partial charge is 0.481 e. The number of benzene rings is 1. The highest BCUT2D eigenvalue weighted by Crippen LogP contribution is 2.32. The maximum absolute atomic E-state index is 12.1. The van der Waals surface area contributed by atoms with Crippen molar-refractivity contribution >= 4 is 29.2 Å². The fourth-order valence-electron chi connectivity index (χ4n) is 2.42. The molecule has 102 valence electrons. The minimum absolute atomic E-state index is 0.117. The van der Waals surface area contributed by atoms with Crippen molar-refractivity contribution in [1.82, 2.24) is 0 Å². The van der Waals surface area contributed by atoms with Crippen LogP contribution >= 0.6 is 11.6 Å². The van der Waals surface area contributed by atoms with E-state index in [4.69, 9.17) is 16.7 Å². The van der Waals surface area contributed by atoms with Gasteiger partial charge in [-0.2, -0.15) is 0 Å². The standard InChI is InChI=1S/C14H16ClNO3/c1-8-11(15)3-2-4-12(8)16-13(17)9-5-6-10(7-9)14(18)19/h2-4,9-10H,5-7H2,1H3,(H,16,17)(H,18,19)/t9-,10+/m1/s1. The Balaban J connectivity index is 2.02. The number of halogens is 1. The molecule has 0 unspecified atom stereocenters. The van der Waals surface area contributed by atoms with Crippen LogP contribution in [-0.2, 0) is 9.59 Å². The summed E-state index contributed by atoms with van der Waals surface area (Å²) in [7, 11) is 0. The van der Waals surface area contributed by atoms with Crippen LogP contribution in [0.1, 0.15) is 24.8 Å². The number of carboxylic acids is 1. The minimum atomic E-state index is -0.811. The second kappa shape index (κ2) is 5.61. The van der Waals surface area contributed by atoms with E-state index in [2.05, 4.69) is 5.32 Å². The maximum atomic E-state index is 12.1. The van der Waals surface area contributed by atoms with Crippen molar-refractivity contribution in [3.8, 4) is 0 Å². The minimum Gasteiger partial charge on any atom is -0.481 e. The molecule has 0 heterocycles. The summed E-state index contributed by atoms with van der Waals surface area (Å²) >= 11 is 5.99. The highest BCUT2D eigenvalue weighted by molar-refractivity contribution is 6.31. The third kappa shape index (κ3) is 3.07. The molecule has 1 aliphatic carbocycles. The number of anilines is 1. The number of rotatable bonds is 3. The summed E-state index contributed by atoms with van der Waals surface area (Å²) in [5.41, 5.74) is 1.52. The molecular weight excluding hydrogens is 266 g/mol. The summed E-state index contributed by atoms with van der Waals surface area (Å²) in [6.07, 6.45) is 1.62. The molecular formula is C14H16ClNO3. The van der Waals surface area contributed by atoms with E-state index in [0.717, 1.165) is 5.56 Å². The van der Waals surface area contributed by atoms with Crippen LogP contribution in [0.25, 0.3) is 0 Å². The summed E-state index contributed by atoms with van der Waals surface area (Å²) in [6, 6.07) is 5.34. The molecule has 0 bridgehead atoms. The van der Waals surface area contributed by atoms with Gasteiger partial charge in [0.1, 0.15) is 0 Å². The van der Waals surface area contributed by atoms with Gasteiger partial charge in [-0.15, -0.1) is 0 Å². The molecule has 1 aliphatic rings. The van der Waals surface area contributed by atoms with Gasteiger partial charge < -0.3 is 10.4 Å². The van der Waals surface area contributed by atoms with Crippen molar-refractivity contribution in [2.75, 3.05) is 5.32 Å². The second-order valence-corrected chi connectivity index (χ2v) is 5.35. The first-order chi connectivity index (χ1) is 8.99. The SMILES string of the molecule is Cc1c(Cl)cccc1NC(=O)[C@@H]1CC[C@H](C(=O)O)C1. The quantitative estimate of drug-likeness (QED) is 0.895. The third-order valence-electron chi connectivity index (χ3n) is 3.68. The zero-order valence-electron chi connectivity index (χ0n) is 10.6. The van der Waals surface area contributed by atoms with Crippen molar-refractivity contribution in [3.05, 3.63) is 28.8 Å². The Morgan fingerprint density at radius 2 is 2.00 bits per heavy atom. The Morgan fingerprint density at radius 3 is 2.63 bits per heavy atom. The van der Waals surface area contributed by atoms with Gasteiger partial charge in [0.05, 0.1) is 5.92 Å². The zero-order chi connectivity index (χ0) is 14.0. The molecule has 1 saturated carbocycles. The summed E-state index contributed by atoms with van der Waals surface area (Å²) in [5.74, 6) is -1.54. The monoisotopic (exact) mass is 281 g/mol. The highest BCUT2D eigenvalue weighted by Gasteiger charge is 2.33. The fourth-order valence-corrected chi connectivity index (χ4v) is 2.60. The summed E-state index contributed by atoms with van der Waals surface area (Å²) < 4.78 is 0. The number of carboxylic acid groups (broad SMARTS) is 1. The van der Waals surface area contributed by atoms with E-state index in [0.29, 0.717) is 30.0 Å². The van der Waals surface area contributed by atoms with Gasteiger partial charge in [0.25, 0.3) is 0 Å². The lowest BCUT2D eigenvalue weighted by atomic mass is 10.0. The van der Waals surface area contributed by atoms with Gasteiger partial charge in [-0.3, -0.25) is 9.59 Å². The first-order valence-corrected chi connectivity index (χ1v) is 6.65. The topological polar surface area (TPSA) is 66.4 Å². The molecule has 1 aromatic rings. The molecule has 0 aromatic heterocycles. The number of nitrogens with one attached hydrogen (secondary N) is 1. The van der Waals surface area contributed by atoms with Gasteiger partial charge >= 0.3 is 5.97 Å². The van der Waals surface area contributed by atoms with Gasteiger partial charge in [0.15, 0.2) is 0 Å². The molecule has 2 rings (SSSR count). The van der Waals surface area contributed by atoms with Crippen LogP contribution in [0.4, 0.5) is 5.69 Å². The first-order valence-electron chi connectivity index (χ1n) is 6.28. The number of aliphatic carboxylic acids is 1. The Morgan fingerprint density at radius 1 is 1.32 bits per heavy atom. The van der Waals surface area contributed by atoms with Crippen LogP contribution in [0.15, 0.2) is 18.2 Å². The first kappa shape index (κ1) is 13.9. The smallest absolute Gasteiger partial charge is 0.306 e. The molecule has 19 heavy (non-hydrogen) atoms. The molecule has 1 aromatic carbocycles. The predicted molar refractivity (Wildman–Crippen MR) is 73.3 cm³/mol. The van der Waals surface area contributed by atoms with Crippen molar-refractivity contribution in [1.29, 1.82) is 0 Å². The van der Waals surface area contributed by atoms with Crippen molar-refractivity contribution in [2.45, 2.75) is 26.2 Å².